The molecule has 1 heterocycles. The lowest BCUT2D eigenvalue weighted by Gasteiger charge is -2.16. The van der Waals surface area contributed by atoms with Gasteiger partial charge in [-0.2, -0.15) is 0 Å². The number of amides is 2. The van der Waals surface area contributed by atoms with Crippen molar-refractivity contribution in [3.63, 3.8) is 0 Å². The molecule has 0 N–H and O–H groups in total. The van der Waals surface area contributed by atoms with Crippen LogP contribution in [0.4, 0.5) is 5.69 Å². The van der Waals surface area contributed by atoms with Gasteiger partial charge in [0.2, 0.25) is 0 Å². The quantitative estimate of drug-likeness (QED) is 0.626. The van der Waals surface area contributed by atoms with E-state index in [1.54, 1.807) is 12.1 Å². The average molecular weight is 352 g/mol. The number of methoxy groups -OCH3 is 1. The highest BCUT2D eigenvalue weighted by Gasteiger charge is 2.37. The Bertz CT molecular complexity index is 904. The Kier molecular flexibility index (Phi) is 3.62. The van der Waals surface area contributed by atoms with Crippen molar-refractivity contribution in [1.82, 2.24) is 0 Å². The van der Waals surface area contributed by atoms with E-state index in [0.29, 0.717) is 0 Å². The third kappa shape index (κ3) is 2.47. The first-order chi connectivity index (χ1) is 10.8. The van der Waals surface area contributed by atoms with E-state index in [0.717, 1.165) is 11.0 Å². The zero-order chi connectivity index (χ0) is 16.8. The molecule has 118 valence electrons. The number of carbonyl (C=O) groups is 2. The molecule has 6 nitrogen and oxygen atoms in total. The minimum absolute atomic E-state index is 0.0281. The first-order valence-electron chi connectivity index (χ1n) is 6.45. The van der Waals surface area contributed by atoms with Crippen LogP contribution in [0.5, 0.6) is 5.75 Å². The predicted octanol–water partition coefficient (Wildman–Crippen LogP) is 2.42. The van der Waals surface area contributed by atoms with Gasteiger partial charge in [-0.1, -0.05) is 12.1 Å². The predicted molar refractivity (Wildman–Crippen MR) is 83.6 cm³/mol. The van der Waals surface area contributed by atoms with Gasteiger partial charge in [0.15, 0.2) is 0 Å². The molecule has 0 saturated heterocycles. The molecule has 2 amide bonds. The summed E-state index contributed by atoms with van der Waals surface area (Å²) < 4.78 is 28.3. The number of hydrogen-bond donors (Lipinski definition) is 0. The van der Waals surface area contributed by atoms with Crippen LogP contribution in [0.2, 0.25) is 0 Å². The summed E-state index contributed by atoms with van der Waals surface area (Å²) >= 11 is 0. The van der Waals surface area contributed by atoms with Crippen LogP contribution in [0, 0.1) is 0 Å². The lowest BCUT2D eigenvalue weighted by molar-refractivity contribution is 0.0926. The van der Waals surface area contributed by atoms with E-state index in [1.165, 1.54) is 31.4 Å². The third-order valence-electron chi connectivity index (χ3n) is 3.46. The molecule has 0 fully saturated rings. The SMILES string of the molecule is COc1ccc(N2C(=O)c3ccccc3C2=O)cc1S(=O)(=O)Cl. The Balaban J connectivity index is 2.15. The van der Waals surface area contributed by atoms with Crippen LogP contribution in [0.1, 0.15) is 20.7 Å². The van der Waals surface area contributed by atoms with Crippen LogP contribution >= 0.6 is 10.7 Å². The number of halogens is 1. The summed E-state index contributed by atoms with van der Waals surface area (Å²) in [5.41, 5.74) is 0.642. The van der Waals surface area contributed by atoms with Crippen molar-refractivity contribution in [3.05, 3.63) is 53.6 Å². The van der Waals surface area contributed by atoms with E-state index in [2.05, 4.69) is 0 Å². The standard InChI is InChI=1S/C15H10ClNO5S/c1-22-12-7-6-9(8-13(12)23(16,20)21)17-14(18)10-4-2-3-5-11(10)15(17)19/h2-8H,1H3. The van der Waals surface area contributed by atoms with Gasteiger partial charge in [-0.05, 0) is 30.3 Å². The van der Waals surface area contributed by atoms with Crippen molar-refractivity contribution < 1.29 is 22.7 Å². The smallest absolute Gasteiger partial charge is 0.266 e. The number of hydrogen-bond acceptors (Lipinski definition) is 5. The summed E-state index contributed by atoms with van der Waals surface area (Å²) in [6.07, 6.45) is 0. The Morgan fingerprint density at radius 2 is 1.57 bits per heavy atom. The molecule has 23 heavy (non-hydrogen) atoms. The second-order valence-electron chi connectivity index (χ2n) is 4.76. The lowest BCUT2D eigenvalue weighted by atomic mass is 10.1. The van der Waals surface area contributed by atoms with E-state index >= 15 is 0 Å². The second-order valence-corrected chi connectivity index (χ2v) is 7.30. The molecule has 0 aliphatic carbocycles. The number of benzene rings is 2. The van der Waals surface area contributed by atoms with Gasteiger partial charge in [-0.3, -0.25) is 9.59 Å². The number of fused-ring (bicyclic) bond motifs is 1. The largest absolute Gasteiger partial charge is 0.495 e. The van der Waals surface area contributed by atoms with Crippen molar-refractivity contribution in [1.29, 1.82) is 0 Å². The van der Waals surface area contributed by atoms with Gasteiger partial charge in [0.1, 0.15) is 10.6 Å². The van der Waals surface area contributed by atoms with Gasteiger partial charge in [0.05, 0.1) is 23.9 Å². The summed E-state index contributed by atoms with van der Waals surface area (Å²) in [4.78, 5) is 25.4. The van der Waals surface area contributed by atoms with Crippen LogP contribution in [0.25, 0.3) is 0 Å². The summed E-state index contributed by atoms with van der Waals surface area (Å²) in [5, 5.41) is 0. The topological polar surface area (TPSA) is 80.8 Å². The molecule has 0 unspecified atom stereocenters. The van der Waals surface area contributed by atoms with Crippen molar-refractivity contribution in [2.45, 2.75) is 4.90 Å². The maximum atomic E-state index is 12.4. The summed E-state index contributed by atoms with van der Waals surface area (Å²) in [6.45, 7) is 0. The van der Waals surface area contributed by atoms with Crippen LogP contribution in [0.15, 0.2) is 47.4 Å². The number of anilines is 1. The lowest BCUT2D eigenvalue weighted by Crippen LogP contribution is -2.29. The van der Waals surface area contributed by atoms with Crippen LogP contribution in [0.3, 0.4) is 0 Å². The highest BCUT2D eigenvalue weighted by Crippen LogP contribution is 2.34. The fraction of sp³-hybridized carbons (Fsp3) is 0.0667. The van der Waals surface area contributed by atoms with E-state index in [1.807, 2.05) is 0 Å². The zero-order valence-electron chi connectivity index (χ0n) is 11.8. The van der Waals surface area contributed by atoms with Gasteiger partial charge in [-0.15, -0.1) is 0 Å². The van der Waals surface area contributed by atoms with Gasteiger partial charge in [-0.25, -0.2) is 13.3 Å². The number of carbonyl (C=O) groups excluding carboxylic acids is 2. The fourth-order valence-corrected chi connectivity index (χ4v) is 3.43. The normalized spacial score (nSPS) is 14.1. The molecular weight excluding hydrogens is 342 g/mol. The highest BCUT2D eigenvalue weighted by molar-refractivity contribution is 8.13. The van der Waals surface area contributed by atoms with Gasteiger partial charge < -0.3 is 4.74 Å². The molecule has 0 saturated carbocycles. The number of ether oxygens (including phenoxy) is 1. The van der Waals surface area contributed by atoms with E-state index in [-0.39, 0.29) is 27.5 Å². The molecule has 0 aromatic heterocycles. The molecule has 0 atom stereocenters. The van der Waals surface area contributed by atoms with Gasteiger partial charge in [0.25, 0.3) is 20.9 Å². The van der Waals surface area contributed by atoms with E-state index < -0.39 is 20.9 Å². The summed E-state index contributed by atoms with van der Waals surface area (Å²) in [6, 6.07) is 10.3. The number of rotatable bonds is 3. The average Bonchev–Trinajstić information content (AvgIpc) is 2.78. The molecule has 2 aromatic carbocycles. The summed E-state index contributed by atoms with van der Waals surface area (Å²) in [7, 11) is 2.58. The molecule has 1 aliphatic rings. The van der Waals surface area contributed by atoms with Crippen LogP contribution in [-0.4, -0.2) is 27.3 Å². The van der Waals surface area contributed by atoms with Gasteiger partial charge in [0, 0.05) is 10.7 Å². The van der Waals surface area contributed by atoms with Crippen LogP contribution in [-0.2, 0) is 9.05 Å². The number of nitrogens with zero attached hydrogens (tertiary/aromatic N) is 1. The molecule has 1 aliphatic heterocycles. The summed E-state index contributed by atoms with van der Waals surface area (Å²) in [5.74, 6) is -1.01. The Morgan fingerprint density at radius 3 is 2.04 bits per heavy atom. The zero-order valence-corrected chi connectivity index (χ0v) is 13.4. The molecule has 8 heteroatoms. The molecule has 3 rings (SSSR count). The molecule has 0 bridgehead atoms. The highest BCUT2D eigenvalue weighted by atomic mass is 35.7. The van der Waals surface area contributed by atoms with Crippen molar-refractivity contribution in [2.24, 2.45) is 0 Å². The maximum absolute atomic E-state index is 12.4. The van der Waals surface area contributed by atoms with Crippen molar-refractivity contribution >= 4 is 37.2 Å². The van der Waals surface area contributed by atoms with Crippen LogP contribution < -0.4 is 9.64 Å². The number of imide groups is 1. The monoisotopic (exact) mass is 351 g/mol. The first kappa shape index (κ1) is 15.5. The van der Waals surface area contributed by atoms with E-state index in [9.17, 15) is 18.0 Å². The maximum Gasteiger partial charge on any atom is 0.266 e. The van der Waals surface area contributed by atoms with Crippen molar-refractivity contribution in [2.75, 3.05) is 12.0 Å². The van der Waals surface area contributed by atoms with Gasteiger partial charge >= 0.3 is 0 Å². The minimum atomic E-state index is -4.10. The minimum Gasteiger partial charge on any atom is -0.495 e. The molecular formula is C15H10ClNO5S. The Hall–Kier alpha value is -2.38. The second kappa shape index (κ2) is 5.36. The fourth-order valence-electron chi connectivity index (χ4n) is 2.42. The molecule has 2 aromatic rings. The third-order valence-corrected chi connectivity index (χ3v) is 4.81. The Labute approximate surface area is 136 Å². The van der Waals surface area contributed by atoms with E-state index in [4.69, 9.17) is 15.4 Å². The first-order valence-corrected chi connectivity index (χ1v) is 8.76. The molecule has 0 spiro atoms. The molecule has 0 radical (unpaired) electrons. The Morgan fingerprint density at radius 1 is 1.00 bits per heavy atom. The van der Waals surface area contributed by atoms with Crippen molar-refractivity contribution in [3.8, 4) is 5.75 Å².